The molecule has 0 aromatic carbocycles. The van der Waals surface area contributed by atoms with Gasteiger partial charge in [0.25, 0.3) is 0 Å². The summed E-state index contributed by atoms with van der Waals surface area (Å²) in [5.41, 5.74) is 0. The van der Waals surface area contributed by atoms with Crippen LogP contribution < -0.4 is 10.6 Å². The predicted octanol–water partition coefficient (Wildman–Crippen LogP) is -1.14. The van der Waals surface area contributed by atoms with E-state index in [0.717, 1.165) is 0 Å². The van der Waals surface area contributed by atoms with Crippen molar-refractivity contribution in [3.63, 3.8) is 0 Å². The summed E-state index contributed by atoms with van der Waals surface area (Å²) in [6.07, 6.45) is -0.456. The number of rotatable bonds is 1. The first kappa shape index (κ1) is 8.00. The zero-order valence-corrected chi connectivity index (χ0v) is 6.84. The Morgan fingerprint density at radius 1 is 1.27 bits per heavy atom. The molecule has 1 atom stereocenters. The topological polar surface area (TPSA) is 58.2 Å². The van der Waals surface area contributed by atoms with E-state index in [9.17, 15) is 9.59 Å². The van der Waals surface area contributed by atoms with Crippen LogP contribution in [0.5, 0.6) is 0 Å². The maximum atomic E-state index is 11.0. The van der Waals surface area contributed by atoms with E-state index in [1.54, 1.807) is 0 Å². The molecule has 0 spiro atoms. The minimum absolute atomic E-state index is 0.262. The molecule has 1 aliphatic heterocycles. The highest BCUT2D eigenvalue weighted by Gasteiger charge is 2.39. The van der Waals surface area contributed by atoms with E-state index in [1.165, 1.54) is 0 Å². The molecule has 0 aromatic heterocycles. The number of hydrogen-bond donors (Lipinski definition) is 2. The molecule has 0 saturated carbocycles. The summed E-state index contributed by atoms with van der Waals surface area (Å²) in [5.74, 6) is -0.262. The summed E-state index contributed by atoms with van der Waals surface area (Å²) in [5, 5.41) is 4.69. The molecular weight excluding hydrogens is 146 g/mol. The lowest BCUT2D eigenvalue weighted by Gasteiger charge is -2.28. The Labute approximate surface area is 65.0 Å². The molecule has 2 N–H and O–H groups in total. The molecule has 0 bridgehead atoms. The van der Waals surface area contributed by atoms with Gasteiger partial charge in [0.15, 0.2) is 0 Å². The van der Waals surface area contributed by atoms with Gasteiger partial charge in [0.05, 0.1) is 21.1 Å². The summed E-state index contributed by atoms with van der Waals surface area (Å²) in [6, 6.07) is -0.409. The standard InChI is InChI=1S/C6H11N3O2/c1-9(2,3)4-5(10)8-6(11)7-4/h4H,1-3H3,(H-,7,8,10,11)/p+1. The van der Waals surface area contributed by atoms with Crippen LogP contribution in [0.4, 0.5) is 4.79 Å². The van der Waals surface area contributed by atoms with Crippen LogP contribution in [0, 0.1) is 0 Å². The molecule has 0 aromatic rings. The van der Waals surface area contributed by atoms with Gasteiger partial charge in [-0.25, -0.2) is 4.79 Å². The first-order chi connectivity index (χ1) is 4.91. The average Bonchev–Trinajstić information content (AvgIpc) is 2.08. The average molecular weight is 158 g/mol. The second kappa shape index (κ2) is 2.20. The van der Waals surface area contributed by atoms with Gasteiger partial charge in [-0.1, -0.05) is 0 Å². The van der Waals surface area contributed by atoms with Gasteiger partial charge in [-0.2, -0.15) is 0 Å². The van der Waals surface area contributed by atoms with Gasteiger partial charge in [0.2, 0.25) is 6.17 Å². The van der Waals surface area contributed by atoms with Crippen molar-refractivity contribution < 1.29 is 14.1 Å². The fraction of sp³-hybridized carbons (Fsp3) is 0.667. The highest BCUT2D eigenvalue weighted by molar-refractivity contribution is 6.03. The van der Waals surface area contributed by atoms with Gasteiger partial charge in [-0.3, -0.25) is 15.4 Å². The molecule has 3 amide bonds. The number of nitrogens with one attached hydrogen (secondary N) is 2. The molecule has 1 fully saturated rings. The third-order valence-electron chi connectivity index (χ3n) is 1.53. The molecule has 62 valence electrons. The normalized spacial score (nSPS) is 24.8. The molecule has 5 heteroatoms. The Hall–Kier alpha value is -1.10. The van der Waals surface area contributed by atoms with E-state index in [-0.39, 0.29) is 5.91 Å². The second-order valence-electron chi connectivity index (χ2n) is 3.48. The highest BCUT2D eigenvalue weighted by atomic mass is 16.2. The van der Waals surface area contributed by atoms with E-state index in [2.05, 4.69) is 10.6 Å². The van der Waals surface area contributed by atoms with Crippen LogP contribution in [0.3, 0.4) is 0 Å². The fourth-order valence-corrected chi connectivity index (χ4v) is 0.951. The van der Waals surface area contributed by atoms with Crippen molar-refractivity contribution in [2.75, 3.05) is 21.1 Å². The third kappa shape index (κ3) is 1.48. The second-order valence-corrected chi connectivity index (χ2v) is 3.48. The molecule has 1 heterocycles. The number of hydrogen-bond acceptors (Lipinski definition) is 2. The van der Waals surface area contributed by atoms with Crippen molar-refractivity contribution in [1.29, 1.82) is 0 Å². The van der Waals surface area contributed by atoms with Crippen molar-refractivity contribution in [3.8, 4) is 0 Å². The summed E-state index contributed by atoms with van der Waals surface area (Å²) >= 11 is 0. The fourth-order valence-electron chi connectivity index (χ4n) is 0.951. The number of imide groups is 1. The van der Waals surface area contributed by atoms with Gasteiger partial charge in [-0.05, 0) is 0 Å². The van der Waals surface area contributed by atoms with E-state index in [0.29, 0.717) is 4.48 Å². The van der Waals surface area contributed by atoms with Crippen molar-refractivity contribution in [2.24, 2.45) is 0 Å². The van der Waals surface area contributed by atoms with E-state index < -0.39 is 12.2 Å². The minimum Gasteiger partial charge on any atom is -0.303 e. The molecule has 0 aliphatic carbocycles. The highest BCUT2D eigenvalue weighted by Crippen LogP contribution is 2.03. The van der Waals surface area contributed by atoms with E-state index in [4.69, 9.17) is 0 Å². The van der Waals surface area contributed by atoms with Crippen LogP contribution in [0.1, 0.15) is 0 Å². The Morgan fingerprint density at radius 2 is 1.82 bits per heavy atom. The number of carbonyl (C=O) groups excluding carboxylic acids is 2. The van der Waals surface area contributed by atoms with E-state index in [1.807, 2.05) is 21.1 Å². The van der Waals surface area contributed by atoms with Crippen LogP contribution in [-0.4, -0.2) is 43.7 Å². The Balaban J connectivity index is 2.76. The summed E-state index contributed by atoms with van der Waals surface area (Å²) < 4.78 is 0.400. The Bertz CT molecular complexity index is 206. The lowest BCUT2D eigenvalue weighted by Crippen LogP contribution is -2.54. The monoisotopic (exact) mass is 158 g/mol. The third-order valence-corrected chi connectivity index (χ3v) is 1.53. The first-order valence-corrected chi connectivity index (χ1v) is 3.34. The zero-order chi connectivity index (χ0) is 8.65. The van der Waals surface area contributed by atoms with Crippen LogP contribution in [0.25, 0.3) is 0 Å². The van der Waals surface area contributed by atoms with Crippen molar-refractivity contribution in [2.45, 2.75) is 6.17 Å². The van der Waals surface area contributed by atoms with E-state index >= 15 is 0 Å². The van der Waals surface area contributed by atoms with Gasteiger partial charge >= 0.3 is 11.9 Å². The van der Waals surface area contributed by atoms with Crippen LogP contribution in [0.15, 0.2) is 0 Å². The van der Waals surface area contributed by atoms with Crippen molar-refractivity contribution >= 4 is 11.9 Å². The number of quaternary nitrogens is 1. The zero-order valence-electron chi connectivity index (χ0n) is 6.84. The molecule has 11 heavy (non-hydrogen) atoms. The van der Waals surface area contributed by atoms with Crippen LogP contribution in [0.2, 0.25) is 0 Å². The maximum Gasteiger partial charge on any atom is 0.326 e. The van der Waals surface area contributed by atoms with Gasteiger partial charge in [-0.15, -0.1) is 0 Å². The summed E-state index contributed by atoms with van der Waals surface area (Å²) in [6.45, 7) is 0. The molecule has 1 rings (SSSR count). The lowest BCUT2D eigenvalue weighted by atomic mass is 10.4. The predicted molar refractivity (Wildman–Crippen MR) is 38.5 cm³/mol. The number of likely N-dealkylation sites (N-methyl/N-ethyl adjacent to an activating group) is 1. The number of amides is 3. The van der Waals surface area contributed by atoms with Crippen LogP contribution >= 0.6 is 0 Å². The Morgan fingerprint density at radius 3 is 2.00 bits per heavy atom. The largest absolute Gasteiger partial charge is 0.326 e. The molecule has 1 unspecified atom stereocenters. The minimum atomic E-state index is -0.456. The lowest BCUT2D eigenvalue weighted by molar-refractivity contribution is -0.887. The summed E-state index contributed by atoms with van der Waals surface area (Å²) in [7, 11) is 5.53. The molecule has 1 aliphatic rings. The molecule has 0 radical (unpaired) electrons. The smallest absolute Gasteiger partial charge is 0.303 e. The van der Waals surface area contributed by atoms with Crippen molar-refractivity contribution in [3.05, 3.63) is 0 Å². The number of carbonyl (C=O) groups is 2. The van der Waals surface area contributed by atoms with Gasteiger partial charge < -0.3 is 4.48 Å². The Kier molecular flexibility index (Phi) is 1.60. The van der Waals surface area contributed by atoms with Gasteiger partial charge in [0, 0.05) is 0 Å². The van der Waals surface area contributed by atoms with Gasteiger partial charge in [0.1, 0.15) is 0 Å². The number of urea groups is 1. The SMILES string of the molecule is C[N+](C)(C)C1NC(=O)NC1=O. The molecule has 5 nitrogen and oxygen atoms in total. The maximum absolute atomic E-state index is 11.0. The summed E-state index contributed by atoms with van der Waals surface area (Å²) in [4.78, 5) is 21.7. The molecular formula is C6H12N3O2+. The van der Waals surface area contributed by atoms with Crippen molar-refractivity contribution in [1.82, 2.24) is 10.6 Å². The van der Waals surface area contributed by atoms with Crippen LogP contribution in [-0.2, 0) is 4.79 Å². The number of nitrogens with zero attached hydrogens (tertiary/aromatic N) is 1. The quantitative estimate of drug-likeness (QED) is 0.374. The molecule has 1 saturated heterocycles. The first-order valence-electron chi connectivity index (χ1n) is 3.34.